The van der Waals surface area contributed by atoms with E-state index in [0.717, 1.165) is 5.56 Å². The third-order valence-electron chi connectivity index (χ3n) is 4.69. The van der Waals surface area contributed by atoms with E-state index >= 15 is 0 Å². The highest BCUT2D eigenvalue weighted by atomic mass is 16.5. The Balaban J connectivity index is 1.66. The Morgan fingerprint density at radius 2 is 1.85 bits per heavy atom. The lowest BCUT2D eigenvalue weighted by Gasteiger charge is -2.34. The number of oxazole rings is 1. The predicted molar refractivity (Wildman–Crippen MR) is 100 cm³/mol. The molecule has 0 aliphatic carbocycles. The number of nitriles is 1. The lowest BCUT2D eigenvalue weighted by Crippen LogP contribution is -2.45. The van der Waals surface area contributed by atoms with Crippen molar-refractivity contribution in [2.75, 3.05) is 18.0 Å². The first kappa shape index (κ1) is 16.6. The van der Waals surface area contributed by atoms with E-state index in [1.54, 1.807) is 0 Å². The van der Waals surface area contributed by atoms with Crippen LogP contribution in [-0.4, -0.2) is 30.3 Å². The zero-order valence-corrected chi connectivity index (χ0v) is 15.0. The van der Waals surface area contributed by atoms with E-state index < -0.39 is 0 Å². The van der Waals surface area contributed by atoms with Crippen LogP contribution in [0.25, 0.3) is 10.8 Å². The van der Waals surface area contributed by atoms with Gasteiger partial charge in [-0.25, -0.2) is 4.98 Å². The number of hydrogen-bond donors (Lipinski definition) is 0. The topological polar surface area (TPSA) is 62.3 Å². The minimum atomic E-state index is 0.0944. The van der Waals surface area contributed by atoms with E-state index in [2.05, 4.69) is 40.2 Å². The first-order chi connectivity index (χ1) is 12.6. The average Bonchev–Trinajstić information content (AvgIpc) is 3.04. The summed E-state index contributed by atoms with van der Waals surface area (Å²) >= 11 is 0. The van der Waals surface area contributed by atoms with Crippen LogP contribution >= 0.6 is 0 Å². The maximum Gasteiger partial charge on any atom is 0.234 e. The number of hydrogen-bond acceptors (Lipinski definition) is 5. The van der Waals surface area contributed by atoms with Crippen LogP contribution in [0.15, 0.2) is 46.9 Å². The molecule has 0 unspecified atom stereocenters. The molecule has 3 aromatic rings. The van der Waals surface area contributed by atoms with Gasteiger partial charge in [-0.05, 0) is 30.2 Å². The molecule has 1 saturated heterocycles. The maximum absolute atomic E-state index is 9.50. The first-order valence-corrected chi connectivity index (χ1v) is 8.91. The second kappa shape index (κ2) is 6.81. The van der Waals surface area contributed by atoms with Crippen molar-refractivity contribution >= 4 is 16.7 Å². The van der Waals surface area contributed by atoms with Gasteiger partial charge in [0.2, 0.25) is 17.5 Å². The zero-order chi connectivity index (χ0) is 18.1. The van der Waals surface area contributed by atoms with E-state index in [0.29, 0.717) is 37.0 Å². The lowest BCUT2D eigenvalue weighted by molar-refractivity contribution is -0.00646. The van der Waals surface area contributed by atoms with Crippen molar-refractivity contribution in [3.63, 3.8) is 0 Å². The second-order valence-corrected chi connectivity index (χ2v) is 6.85. The van der Waals surface area contributed by atoms with Crippen molar-refractivity contribution in [2.45, 2.75) is 32.5 Å². The van der Waals surface area contributed by atoms with Crippen molar-refractivity contribution in [2.24, 2.45) is 0 Å². The second-order valence-electron chi connectivity index (χ2n) is 6.85. The van der Waals surface area contributed by atoms with Crippen molar-refractivity contribution < 1.29 is 9.15 Å². The molecule has 4 rings (SSSR count). The molecule has 0 N–H and O–H groups in total. The van der Waals surface area contributed by atoms with Crippen molar-refractivity contribution in [3.8, 4) is 6.07 Å². The Bertz CT molecular complexity index is 958. The summed E-state index contributed by atoms with van der Waals surface area (Å²) in [6, 6.07) is 16.7. The Kier molecular flexibility index (Phi) is 4.36. The van der Waals surface area contributed by atoms with Gasteiger partial charge in [0.05, 0.1) is 18.6 Å². The molecule has 2 heterocycles. The van der Waals surface area contributed by atoms with Gasteiger partial charge in [0.1, 0.15) is 6.07 Å². The smallest absolute Gasteiger partial charge is 0.234 e. The van der Waals surface area contributed by atoms with Gasteiger partial charge >= 0.3 is 0 Å². The zero-order valence-electron chi connectivity index (χ0n) is 15.0. The number of nitrogens with zero attached hydrogens (tertiary/aromatic N) is 3. The summed E-state index contributed by atoms with van der Waals surface area (Å²) in [6.45, 7) is 5.45. The monoisotopic (exact) mass is 347 g/mol. The molecule has 0 bridgehead atoms. The summed E-state index contributed by atoms with van der Waals surface area (Å²) in [4.78, 5) is 6.51. The summed E-state index contributed by atoms with van der Waals surface area (Å²) in [5, 5.41) is 11.9. The lowest BCUT2D eigenvalue weighted by atomic mass is 10.0. The van der Waals surface area contributed by atoms with Crippen molar-refractivity contribution in [3.05, 3.63) is 59.6 Å². The van der Waals surface area contributed by atoms with Crippen LogP contribution in [0.1, 0.15) is 31.0 Å². The van der Waals surface area contributed by atoms with E-state index in [-0.39, 0.29) is 12.2 Å². The van der Waals surface area contributed by atoms with E-state index in [1.165, 1.54) is 10.8 Å². The first-order valence-electron chi connectivity index (χ1n) is 8.91. The van der Waals surface area contributed by atoms with Gasteiger partial charge in [-0.3, -0.25) is 0 Å². The van der Waals surface area contributed by atoms with Crippen LogP contribution in [0, 0.1) is 11.3 Å². The Morgan fingerprint density at radius 3 is 2.62 bits per heavy atom. The molecular weight excluding hydrogens is 326 g/mol. The summed E-state index contributed by atoms with van der Waals surface area (Å²) in [5.41, 5.74) is 1.49. The van der Waals surface area contributed by atoms with Crippen LogP contribution in [0.3, 0.4) is 0 Å². The molecule has 2 atom stereocenters. The van der Waals surface area contributed by atoms with Gasteiger partial charge in [-0.2, -0.15) is 5.26 Å². The van der Waals surface area contributed by atoms with E-state index in [9.17, 15) is 5.26 Å². The van der Waals surface area contributed by atoms with Gasteiger partial charge in [-0.1, -0.05) is 42.5 Å². The normalized spacial score (nSPS) is 20.3. The summed E-state index contributed by atoms with van der Waals surface area (Å²) in [7, 11) is 0. The summed E-state index contributed by atoms with van der Waals surface area (Å²) in [6.07, 6.45) is 0.750. The molecule has 1 aliphatic heterocycles. The largest absolute Gasteiger partial charge is 0.423 e. The fourth-order valence-corrected chi connectivity index (χ4v) is 3.67. The Morgan fingerprint density at radius 1 is 1.12 bits per heavy atom. The highest BCUT2D eigenvalue weighted by molar-refractivity contribution is 5.85. The molecule has 2 aromatic carbocycles. The van der Waals surface area contributed by atoms with E-state index in [1.807, 2.05) is 32.0 Å². The molecule has 1 aliphatic rings. The quantitative estimate of drug-likeness (QED) is 0.719. The van der Waals surface area contributed by atoms with Crippen LogP contribution in [0.2, 0.25) is 0 Å². The number of morpholine rings is 1. The number of benzene rings is 2. The molecule has 0 radical (unpaired) electrons. The SMILES string of the molecule is C[C@@H]1CN(c2oc(Cc3cccc4ccccc34)nc2C#N)C[C@@H](C)O1. The van der Waals surface area contributed by atoms with Crippen molar-refractivity contribution in [1.29, 1.82) is 5.26 Å². The highest BCUT2D eigenvalue weighted by Crippen LogP contribution is 2.28. The van der Waals surface area contributed by atoms with Crippen molar-refractivity contribution in [1.82, 2.24) is 4.98 Å². The van der Waals surface area contributed by atoms with Crippen LogP contribution in [0.5, 0.6) is 0 Å². The highest BCUT2D eigenvalue weighted by Gasteiger charge is 2.28. The Labute approximate surface area is 152 Å². The van der Waals surface area contributed by atoms with Crippen LogP contribution in [0.4, 0.5) is 5.88 Å². The van der Waals surface area contributed by atoms with Crippen LogP contribution < -0.4 is 4.90 Å². The number of anilines is 1. The molecular formula is C21H21N3O2. The molecule has 132 valence electrons. The summed E-state index contributed by atoms with van der Waals surface area (Å²) in [5.74, 6) is 1.13. The molecule has 1 fully saturated rings. The fourth-order valence-electron chi connectivity index (χ4n) is 3.67. The molecule has 0 saturated carbocycles. The fraction of sp³-hybridized carbons (Fsp3) is 0.333. The minimum absolute atomic E-state index is 0.0944. The molecule has 0 spiro atoms. The van der Waals surface area contributed by atoms with Gasteiger partial charge in [0.25, 0.3) is 0 Å². The van der Waals surface area contributed by atoms with Gasteiger partial charge < -0.3 is 14.1 Å². The number of rotatable bonds is 3. The molecule has 1 aromatic heterocycles. The van der Waals surface area contributed by atoms with E-state index in [4.69, 9.17) is 9.15 Å². The molecule has 0 amide bonds. The number of aromatic nitrogens is 1. The maximum atomic E-state index is 9.50. The number of fused-ring (bicyclic) bond motifs is 1. The summed E-state index contributed by atoms with van der Waals surface area (Å²) < 4.78 is 11.8. The molecule has 5 heteroatoms. The van der Waals surface area contributed by atoms with Gasteiger partial charge in [-0.15, -0.1) is 0 Å². The standard InChI is InChI=1S/C21H21N3O2/c1-14-12-24(13-15(2)25-14)21-19(11-22)23-20(26-21)10-17-8-5-7-16-6-3-4-9-18(16)17/h3-9,14-15H,10,12-13H2,1-2H3/t14-,15-/m1/s1. The average molecular weight is 347 g/mol. The Hall–Kier alpha value is -2.84. The molecule has 26 heavy (non-hydrogen) atoms. The molecule has 5 nitrogen and oxygen atoms in total. The predicted octanol–water partition coefficient (Wildman–Crippen LogP) is 3.90. The number of ether oxygens (including phenoxy) is 1. The van der Waals surface area contributed by atoms with Gasteiger partial charge in [0.15, 0.2) is 0 Å². The third kappa shape index (κ3) is 3.16. The van der Waals surface area contributed by atoms with Crippen LogP contribution in [-0.2, 0) is 11.2 Å². The minimum Gasteiger partial charge on any atom is -0.423 e. The third-order valence-corrected chi connectivity index (χ3v) is 4.69. The van der Waals surface area contributed by atoms with Gasteiger partial charge in [0, 0.05) is 13.1 Å².